The second kappa shape index (κ2) is 9.92. The molecule has 3 aromatic rings. The highest BCUT2D eigenvalue weighted by molar-refractivity contribution is 5.86. The van der Waals surface area contributed by atoms with Crippen molar-refractivity contribution >= 4 is 16.8 Å². The van der Waals surface area contributed by atoms with Gasteiger partial charge in [0.2, 0.25) is 0 Å². The van der Waals surface area contributed by atoms with Gasteiger partial charge >= 0.3 is 5.63 Å². The van der Waals surface area contributed by atoms with Crippen molar-refractivity contribution in [3.8, 4) is 5.75 Å². The van der Waals surface area contributed by atoms with Crippen molar-refractivity contribution in [3.05, 3.63) is 75.1 Å². The molecule has 2 aromatic carbocycles. The molecule has 0 radical (unpaired) electrons. The fourth-order valence-electron chi connectivity index (χ4n) is 4.40. The molecule has 1 aliphatic heterocycles. The van der Waals surface area contributed by atoms with Crippen LogP contribution in [0.15, 0.2) is 51.7 Å². The molecule has 0 aliphatic carbocycles. The van der Waals surface area contributed by atoms with Crippen molar-refractivity contribution in [2.75, 3.05) is 20.1 Å². The number of fused-ring (bicyclic) bond motifs is 1. The number of Topliss-reactive ketones (excluding diaryl/α,β-unsaturated/α-hetero) is 1. The lowest BCUT2D eigenvalue weighted by atomic mass is 9.98. The minimum Gasteiger partial charge on any atom is -0.490 e. The van der Waals surface area contributed by atoms with Crippen molar-refractivity contribution in [1.82, 2.24) is 4.90 Å². The van der Waals surface area contributed by atoms with Crippen LogP contribution in [0.1, 0.15) is 54.9 Å². The van der Waals surface area contributed by atoms with E-state index in [1.165, 1.54) is 5.56 Å². The average Bonchev–Trinajstić information content (AvgIpc) is 2.78. The van der Waals surface area contributed by atoms with E-state index in [1.807, 2.05) is 31.2 Å². The monoisotopic (exact) mass is 447 g/mol. The van der Waals surface area contributed by atoms with Crippen LogP contribution in [0, 0.1) is 6.92 Å². The quantitative estimate of drug-likeness (QED) is 0.474. The van der Waals surface area contributed by atoms with Crippen LogP contribution in [0.2, 0.25) is 0 Å². The Balaban J connectivity index is 1.48. The molecule has 0 unspecified atom stereocenters. The number of aryl methyl sites for hydroxylation is 1. The summed E-state index contributed by atoms with van der Waals surface area (Å²) in [5.74, 6) is 1.21. The van der Waals surface area contributed by atoms with E-state index in [4.69, 9.17) is 9.15 Å². The number of carbonyl (C=O) groups is 1. The summed E-state index contributed by atoms with van der Waals surface area (Å²) in [7, 11) is 2.12. The number of ether oxygens (including phenoxy) is 1. The zero-order valence-electron chi connectivity index (χ0n) is 20.0. The third-order valence-electron chi connectivity index (χ3n) is 6.57. The van der Waals surface area contributed by atoms with Crippen molar-refractivity contribution in [3.63, 3.8) is 0 Å². The molecule has 0 spiro atoms. The lowest BCUT2D eigenvalue weighted by molar-refractivity contribution is -0.117. The lowest BCUT2D eigenvalue weighted by Gasteiger charge is -2.29. The summed E-state index contributed by atoms with van der Waals surface area (Å²) in [5, 5.41) is 0.812. The zero-order valence-corrected chi connectivity index (χ0v) is 20.0. The number of rotatable bonds is 7. The largest absolute Gasteiger partial charge is 0.490 e. The summed E-state index contributed by atoms with van der Waals surface area (Å²) in [5.41, 5.74) is 3.51. The molecule has 1 aromatic heterocycles. The van der Waals surface area contributed by atoms with Crippen LogP contribution >= 0.6 is 0 Å². The number of nitrogens with zero attached hydrogens (tertiary/aromatic N) is 1. The van der Waals surface area contributed by atoms with Crippen LogP contribution in [0.4, 0.5) is 0 Å². The van der Waals surface area contributed by atoms with Gasteiger partial charge in [-0.3, -0.25) is 4.79 Å². The van der Waals surface area contributed by atoms with E-state index in [-0.39, 0.29) is 18.3 Å². The van der Waals surface area contributed by atoms with E-state index in [2.05, 4.69) is 37.9 Å². The standard InChI is InChI=1S/C28H33NO4/c1-18(2)21-7-5-20(6-8-21)15-24(30)17-23-16-22-9-10-26(19(3)27(22)33-28(23)31)32-25-11-13-29(4)14-12-25/h5-10,16,18,25H,11-15,17H2,1-4H3. The molecule has 4 rings (SSSR count). The summed E-state index contributed by atoms with van der Waals surface area (Å²) in [6.07, 6.45) is 2.52. The Bertz CT molecular complexity index is 1180. The molecule has 33 heavy (non-hydrogen) atoms. The molecule has 0 amide bonds. The molecule has 1 fully saturated rings. The fourth-order valence-corrected chi connectivity index (χ4v) is 4.40. The molecule has 5 heteroatoms. The predicted octanol–water partition coefficient (Wildman–Crippen LogP) is 5.05. The first-order chi connectivity index (χ1) is 15.8. The third kappa shape index (κ3) is 5.53. The molecule has 0 bridgehead atoms. The molecule has 2 heterocycles. The molecule has 0 atom stereocenters. The minimum atomic E-state index is -0.453. The van der Waals surface area contributed by atoms with Gasteiger partial charge in [0.15, 0.2) is 0 Å². The molecule has 5 nitrogen and oxygen atoms in total. The van der Waals surface area contributed by atoms with E-state index in [0.717, 1.165) is 48.2 Å². The topological polar surface area (TPSA) is 59.8 Å². The fraction of sp³-hybridized carbons (Fsp3) is 0.429. The van der Waals surface area contributed by atoms with Crippen LogP contribution in [0.25, 0.3) is 11.0 Å². The first-order valence-corrected chi connectivity index (χ1v) is 11.8. The Morgan fingerprint density at radius 1 is 1.09 bits per heavy atom. The van der Waals surface area contributed by atoms with Gasteiger partial charge in [0.25, 0.3) is 0 Å². The van der Waals surface area contributed by atoms with Gasteiger partial charge < -0.3 is 14.1 Å². The third-order valence-corrected chi connectivity index (χ3v) is 6.57. The van der Waals surface area contributed by atoms with Gasteiger partial charge in [0.1, 0.15) is 23.2 Å². The molecular formula is C28H33NO4. The van der Waals surface area contributed by atoms with E-state index in [0.29, 0.717) is 23.5 Å². The second-order valence-electron chi connectivity index (χ2n) is 9.58. The van der Waals surface area contributed by atoms with Crippen LogP contribution in [-0.2, 0) is 17.6 Å². The Hall–Kier alpha value is -2.92. The Kier molecular flexibility index (Phi) is 6.99. The van der Waals surface area contributed by atoms with Gasteiger partial charge in [-0.05, 0) is 62.1 Å². The van der Waals surface area contributed by atoms with E-state index in [9.17, 15) is 9.59 Å². The Labute approximate surface area is 195 Å². The van der Waals surface area contributed by atoms with Crippen molar-refractivity contribution < 1.29 is 13.9 Å². The van der Waals surface area contributed by atoms with Gasteiger partial charge in [-0.2, -0.15) is 0 Å². The average molecular weight is 448 g/mol. The molecule has 1 aliphatic rings. The number of benzene rings is 2. The zero-order chi connectivity index (χ0) is 23.5. The maximum atomic E-state index is 12.7. The normalized spacial score (nSPS) is 15.3. The van der Waals surface area contributed by atoms with Crippen LogP contribution in [-0.4, -0.2) is 36.9 Å². The minimum absolute atomic E-state index is 0.00195. The van der Waals surface area contributed by atoms with Gasteiger partial charge in [0.05, 0.1) is 0 Å². The molecular weight excluding hydrogens is 414 g/mol. The van der Waals surface area contributed by atoms with Crippen molar-refractivity contribution in [2.45, 2.75) is 58.5 Å². The Morgan fingerprint density at radius 2 is 1.79 bits per heavy atom. The maximum absolute atomic E-state index is 12.7. The molecule has 0 saturated carbocycles. The van der Waals surface area contributed by atoms with Crippen LogP contribution in [0.3, 0.4) is 0 Å². The van der Waals surface area contributed by atoms with Crippen LogP contribution in [0.5, 0.6) is 5.75 Å². The van der Waals surface area contributed by atoms with Gasteiger partial charge in [0, 0.05) is 42.4 Å². The number of likely N-dealkylation sites (tertiary alicyclic amines) is 1. The smallest absolute Gasteiger partial charge is 0.339 e. The van der Waals surface area contributed by atoms with Crippen LogP contribution < -0.4 is 10.4 Å². The number of carbonyl (C=O) groups excluding carboxylic acids is 1. The Morgan fingerprint density at radius 3 is 2.45 bits per heavy atom. The van der Waals surface area contributed by atoms with Gasteiger partial charge in [-0.1, -0.05) is 38.1 Å². The molecule has 174 valence electrons. The number of hydrogen-bond donors (Lipinski definition) is 0. The van der Waals surface area contributed by atoms with Gasteiger partial charge in [-0.25, -0.2) is 4.79 Å². The van der Waals surface area contributed by atoms with E-state index >= 15 is 0 Å². The highest BCUT2D eigenvalue weighted by Crippen LogP contribution is 2.29. The molecule has 0 N–H and O–H groups in total. The van der Waals surface area contributed by atoms with Gasteiger partial charge in [-0.15, -0.1) is 0 Å². The highest BCUT2D eigenvalue weighted by Gasteiger charge is 2.20. The predicted molar refractivity (Wildman–Crippen MR) is 131 cm³/mol. The SMILES string of the molecule is Cc1c(OC2CCN(C)CC2)ccc2cc(CC(=O)Cc3ccc(C(C)C)cc3)c(=O)oc12. The number of hydrogen-bond acceptors (Lipinski definition) is 5. The lowest BCUT2D eigenvalue weighted by Crippen LogP contribution is -2.35. The van der Waals surface area contributed by atoms with Crippen molar-refractivity contribution in [1.29, 1.82) is 0 Å². The van der Waals surface area contributed by atoms with E-state index in [1.54, 1.807) is 6.07 Å². The summed E-state index contributed by atoms with van der Waals surface area (Å²) in [4.78, 5) is 27.6. The maximum Gasteiger partial charge on any atom is 0.339 e. The van der Waals surface area contributed by atoms with Crippen molar-refractivity contribution in [2.24, 2.45) is 0 Å². The second-order valence-corrected chi connectivity index (χ2v) is 9.58. The summed E-state index contributed by atoms with van der Waals surface area (Å²) in [6.45, 7) is 8.24. The summed E-state index contributed by atoms with van der Waals surface area (Å²) < 4.78 is 11.9. The van der Waals surface area contributed by atoms with E-state index < -0.39 is 5.63 Å². The highest BCUT2D eigenvalue weighted by atomic mass is 16.5. The number of ketones is 1. The first-order valence-electron chi connectivity index (χ1n) is 11.8. The summed E-state index contributed by atoms with van der Waals surface area (Å²) >= 11 is 0. The first kappa shape index (κ1) is 23.2. The summed E-state index contributed by atoms with van der Waals surface area (Å²) in [6, 6.07) is 13.7. The molecule has 1 saturated heterocycles. The number of piperidine rings is 1.